The van der Waals surface area contributed by atoms with Crippen molar-refractivity contribution in [3.63, 3.8) is 0 Å². The molecule has 0 radical (unpaired) electrons. The number of amides is 1. The number of nitrogens with one attached hydrogen (secondary N) is 1. The predicted octanol–water partition coefficient (Wildman–Crippen LogP) is 3.55. The fourth-order valence-corrected chi connectivity index (χ4v) is 3.61. The molecule has 1 aromatic heterocycles. The number of aromatic amines is 1. The summed E-state index contributed by atoms with van der Waals surface area (Å²) in [6, 6.07) is 12.0. The fourth-order valence-electron chi connectivity index (χ4n) is 3.61. The number of hydrogen-bond donors (Lipinski definition) is 2. The molecule has 3 N–H and O–H groups in total. The van der Waals surface area contributed by atoms with Crippen molar-refractivity contribution in [1.82, 2.24) is 15.1 Å². The van der Waals surface area contributed by atoms with Crippen LogP contribution in [0.4, 0.5) is 5.69 Å². The Kier molecular flexibility index (Phi) is 3.93. The Morgan fingerprint density at radius 1 is 1.41 bits per heavy atom. The van der Waals surface area contributed by atoms with E-state index in [1.807, 2.05) is 25.1 Å². The average molecular weight is 357 g/mol. The number of carbonyl (C=O) groups is 1. The highest BCUT2D eigenvalue weighted by Crippen LogP contribution is 2.37. The minimum Gasteiger partial charge on any atom is -0.398 e. The van der Waals surface area contributed by atoms with Crippen LogP contribution in [0, 0.1) is 18.3 Å². The standard InChI is InChI=1S/C21H19N5O/c1-3-13(9-22)10-26-11-17-15(5-6-18(23)20(17)21(26)27)14-4-7-19-16(8-14)12(2)24-25-19/h3-8H,10-11,23H2,1-2H3,(H,24,25)/b13-3+. The van der Waals surface area contributed by atoms with Crippen LogP contribution >= 0.6 is 0 Å². The molecule has 0 atom stereocenters. The van der Waals surface area contributed by atoms with Crippen molar-refractivity contribution >= 4 is 22.5 Å². The van der Waals surface area contributed by atoms with Crippen LogP contribution in [0.3, 0.4) is 0 Å². The topological polar surface area (TPSA) is 98.8 Å². The van der Waals surface area contributed by atoms with Gasteiger partial charge in [-0.1, -0.05) is 18.2 Å². The molecule has 0 spiro atoms. The lowest BCUT2D eigenvalue weighted by Crippen LogP contribution is -2.26. The molecule has 27 heavy (non-hydrogen) atoms. The Labute approximate surface area is 156 Å². The van der Waals surface area contributed by atoms with Crippen LogP contribution in [0.2, 0.25) is 0 Å². The average Bonchev–Trinajstić information content (AvgIpc) is 3.21. The summed E-state index contributed by atoms with van der Waals surface area (Å²) in [7, 11) is 0. The van der Waals surface area contributed by atoms with Crippen LogP contribution in [0.5, 0.6) is 0 Å². The molecule has 1 aliphatic rings. The van der Waals surface area contributed by atoms with Crippen molar-refractivity contribution in [2.75, 3.05) is 12.3 Å². The maximum Gasteiger partial charge on any atom is 0.256 e. The maximum absolute atomic E-state index is 12.9. The molecule has 0 saturated carbocycles. The first-order valence-electron chi connectivity index (χ1n) is 8.74. The third-order valence-electron chi connectivity index (χ3n) is 5.11. The lowest BCUT2D eigenvalue weighted by Gasteiger charge is -2.14. The van der Waals surface area contributed by atoms with Crippen molar-refractivity contribution in [1.29, 1.82) is 5.26 Å². The number of anilines is 1. The second-order valence-corrected chi connectivity index (χ2v) is 6.71. The SMILES string of the molecule is C/C=C(\C#N)CN1Cc2c(-c3ccc4[nH]nc(C)c4c3)ccc(N)c2C1=O. The molecule has 1 aliphatic heterocycles. The van der Waals surface area contributed by atoms with E-state index in [4.69, 9.17) is 5.73 Å². The number of allylic oxidation sites excluding steroid dienone is 1. The van der Waals surface area contributed by atoms with E-state index in [1.54, 1.807) is 24.0 Å². The number of nitrogen functional groups attached to an aromatic ring is 1. The molecule has 6 nitrogen and oxygen atoms in total. The smallest absolute Gasteiger partial charge is 0.256 e. The molecule has 2 aromatic carbocycles. The van der Waals surface area contributed by atoms with E-state index in [1.165, 1.54) is 0 Å². The van der Waals surface area contributed by atoms with Gasteiger partial charge in [-0.05, 0) is 48.7 Å². The van der Waals surface area contributed by atoms with Gasteiger partial charge in [-0.2, -0.15) is 10.4 Å². The Bertz CT molecular complexity index is 1150. The van der Waals surface area contributed by atoms with Gasteiger partial charge in [0, 0.05) is 23.2 Å². The van der Waals surface area contributed by atoms with E-state index in [0.29, 0.717) is 29.9 Å². The van der Waals surface area contributed by atoms with Crippen molar-refractivity contribution in [2.24, 2.45) is 0 Å². The quantitative estimate of drug-likeness (QED) is 0.553. The molecule has 2 heterocycles. The predicted molar refractivity (Wildman–Crippen MR) is 105 cm³/mol. The van der Waals surface area contributed by atoms with Gasteiger partial charge in [-0.3, -0.25) is 9.89 Å². The van der Waals surface area contributed by atoms with E-state index in [9.17, 15) is 10.1 Å². The fraction of sp³-hybridized carbons (Fsp3) is 0.190. The first kappa shape index (κ1) is 16.9. The van der Waals surface area contributed by atoms with Crippen LogP contribution in [0.1, 0.15) is 28.5 Å². The summed E-state index contributed by atoms with van der Waals surface area (Å²) in [6.45, 7) is 4.49. The Hall–Kier alpha value is -3.59. The van der Waals surface area contributed by atoms with Crippen molar-refractivity contribution < 1.29 is 4.79 Å². The number of rotatable bonds is 3. The highest BCUT2D eigenvalue weighted by Gasteiger charge is 2.32. The Morgan fingerprint density at radius 3 is 2.96 bits per heavy atom. The minimum atomic E-state index is -0.125. The summed E-state index contributed by atoms with van der Waals surface area (Å²) in [5, 5.41) is 17.5. The number of nitrogens with zero attached hydrogens (tertiary/aromatic N) is 3. The zero-order valence-electron chi connectivity index (χ0n) is 15.2. The molecule has 0 bridgehead atoms. The highest BCUT2D eigenvalue weighted by atomic mass is 16.2. The van der Waals surface area contributed by atoms with Gasteiger partial charge in [0.1, 0.15) is 0 Å². The van der Waals surface area contributed by atoms with Gasteiger partial charge in [0.05, 0.1) is 29.4 Å². The van der Waals surface area contributed by atoms with Gasteiger partial charge in [0.25, 0.3) is 5.91 Å². The molecule has 3 aromatic rings. The zero-order chi connectivity index (χ0) is 19.1. The monoisotopic (exact) mass is 357 g/mol. The number of H-pyrrole nitrogens is 1. The molecular formula is C21H19N5O. The molecule has 134 valence electrons. The lowest BCUT2D eigenvalue weighted by molar-refractivity contribution is 0.0794. The van der Waals surface area contributed by atoms with Gasteiger partial charge in [-0.25, -0.2) is 0 Å². The van der Waals surface area contributed by atoms with Crippen molar-refractivity contribution in [3.8, 4) is 17.2 Å². The van der Waals surface area contributed by atoms with E-state index < -0.39 is 0 Å². The second kappa shape index (κ2) is 6.29. The summed E-state index contributed by atoms with van der Waals surface area (Å²) >= 11 is 0. The number of aryl methyl sites for hydroxylation is 1. The third-order valence-corrected chi connectivity index (χ3v) is 5.11. The van der Waals surface area contributed by atoms with Crippen LogP contribution in [0.25, 0.3) is 22.0 Å². The van der Waals surface area contributed by atoms with Crippen molar-refractivity contribution in [2.45, 2.75) is 20.4 Å². The number of fused-ring (bicyclic) bond motifs is 2. The summed E-state index contributed by atoms with van der Waals surface area (Å²) in [4.78, 5) is 14.6. The van der Waals surface area contributed by atoms with E-state index >= 15 is 0 Å². The zero-order valence-corrected chi connectivity index (χ0v) is 15.2. The number of benzene rings is 2. The molecular weight excluding hydrogens is 338 g/mol. The number of hydrogen-bond acceptors (Lipinski definition) is 4. The van der Waals surface area contributed by atoms with Crippen LogP contribution in [0.15, 0.2) is 42.0 Å². The molecule has 0 aliphatic carbocycles. The first-order valence-corrected chi connectivity index (χ1v) is 8.74. The van der Waals surface area contributed by atoms with Crippen LogP contribution < -0.4 is 5.73 Å². The number of nitriles is 1. The molecule has 4 rings (SSSR count). The Balaban J connectivity index is 1.81. The highest BCUT2D eigenvalue weighted by molar-refractivity contribution is 6.05. The summed E-state index contributed by atoms with van der Waals surface area (Å²) in [5.41, 5.74) is 12.5. The van der Waals surface area contributed by atoms with Gasteiger partial charge < -0.3 is 10.6 Å². The Morgan fingerprint density at radius 2 is 2.22 bits per heavy atom. The largest absolute Gasteiger partial charge is 0.398 e. The van der Waals surface area contributed by atoms with E-state index in [2.05, 4.69) is 22.3 Å². The van der Waals surface area contributed by atoms with Gasteiger partial charge >= 0.3 is 0 Å². The summed E-state index contributed by atoms with van der Waals surface area (Å²) in [5.74, 6) is -0.125. The van der Waals surface area contributed by atoms with E-state index in [0.717, 1.165) is 33.3 Å². The van der Waals surface area contributed by atoms with Crippen LogP contribution in [-0.4, -0.2) is 27.5 Å². The number of aromatic nitrogens is 2. The number of carbonyl (C=O) groups excluding carboxylic acids is 1. The van der Waals surface area contributed by atoms with Gasteiger partial charge in [0.2, 0.25) is 0 Å². The molecule has 1 amide bonds. The van der Waals surface area contributed by atoms with Gasteiger partial charge in [-0.15, -0.1) is 0 Å². The minimum absolute atomic E-state index is 0.125. The van der Waals surface area contributed by atoms with E-state index in [-0.39, 0.29) is 5.91 Å². The van der Waals surface area contributed by atoms with Crippen LogP contribution in [-0.2, 0) is 6.54 Å². The molecule has 0 unspecified atom stereocenters. The molecule has 0 saturated heterocycles. The summed E-state index contributed by atoms with van der Waals surface area (Å²) < 4.78 is 0. The summed E-state index contributed by atoms with van der Waals surface area (Å²) in [6.07, 6.45) is 1.73. The third kappa shape index (κ3) is 2.64. The van der Waals surface area contributed by atoms with Crippen molar-refractivity contribution in [3.05, 3.63) is 58.8 Å². The maximum atomic E-state index is 12.9. The lowest BCUT2D eigenvalue weighted by atomic mass is 9.95. The molecule has 0 fully saturated rings. The molecule has 6 heteroatoms. The first-order chi connectivity index (χ1) is 13.0. The normalized spacial score (nSPS) is 13.9. The number of nitrogens with two attached hydrogens (primary N) is 1. The second-order valence-electron chi connectivity index (χ2n) is 6.71. The van der Waals surface area contributed by atoms with Gasteiger partial charge in [0.15, 0.2) is 0 Å².